The summed E-state index contributed by atoms with van der Waals surface area (Å²) in [5.41, 5.74) is 0. The zero-order valence-corrected chi connectivity index (χ0v) is 17.1. The maximum Gasteiger partial charge on any atom is 0.260 e. The number of likely N-dealkylation sites (tertiary alicyclic amines) is 1. The van der Waals surface area contributed by atoms with Gasteiger partial charge in [-0.05, 0) is 61.4 Å². The Balaban J connectivity index is 1.54. The molecular weight excluding hydrogens is 402 g/mol. The molecule has 28 heavy (non-hydrogen) atoms. The molecule has 2 aromatic rings. The van der Waals surface area contributed by atoms with Crippen molar-refractivity contribution in [2.45, 2.75) is 23.0 Å². The summed E-state index contributed by atoms with van der Waals surface area (Å²) in [6.45, 7) is 0.698. The highest BCUT2D eigenvalue weighted by Crippen LogP contribution is 2.26. The van der Waals surface area contributed by atoms with E-state index in [9.17, 15) is 13.2 Å². The van der Waals surface area contributed by atoms with Crippen LogP contribution in [-0.2, 0) is 14.6 Å². The molecule has 0 saturated carbocycles. The average molecular weight is 424 g/mol. The van der Waals surface area contributed by atoms with Crippen LogP contribution in [0.2, 0.25) is 5.02 Å². The molecule has 1 aliphatic rings. The van der Waals surface area contributed by atoms with Crippen LogP contribution in [0.5, 0.6) is 11.5 Å². The molecule has 1 aliphatic heterocycles. The molecule has 0 bridgehead atoms. The maximum atomic E-state index is 12.8. The van der Waals surface area contributed by atoms with Crippen molar-refractivity contribution in [2.24, 2.45) is 0 Å². The fourth-order valence-electron chi connectivity index (χ4n) is 3.14. The fourth-order valence-corrected chi connectivity index (χ4v) is 5.00. The number of hydrogen-bond donors (Lipinski definition) is 0. The number of sulfone groups is 1. The van der Waals surface area contributed by atoms with Crippen LogP contribution in [0.1, 0.15) is 12.8 Å². The van der Waals surface area contributed by atoms with Gasteiger partial charge in [-0.3, -0.25) is 4.79 Å². The average Bonchev–Trinajstić information content (AvgIpc) is 2.73. The van der Waals surface area contributed by atoms with Gasteiger partial charge in [0.1, 0.15) is 11.5 Å². The van der Waals surface area contributed by atoms with Gasteiger partial charge in [-0.1, -0.05) is 11.6 Å². The van der Waals surface area contributed by atoms with Crippen LogP contribution >= 0.6 is 11.6 Å². The molecule has 3 rings (SSSR count). The topological polar surface area (TPSA) is 72.9 Å². The zero-order valence-electron chi connectivity index (χ0n) is 15.5. The highest BCUT2D eigenvalue weighted by Gasteiger charge is 2.32. The van der Waals surface area contributed by atoms with Crippen LogP contribution in [-0.4, -0.2) is 51.3 Å². The van der Waals surface area contributed by atoms with E-state index in [1.54, 1.807) is 53.4 Å². The van der Waals surface area contributed by atoms with Crippen molar-refractivity contribution >= 4 is 27.3 Å². The smallest absolute Gasteiger partial charge is 0.260 e. The van der Waals surface area contributed by atoms with Gasteiger partial charge in [0, 0.05) is 18.1 Å². The fraction of sp³-hybridized carbons (Fsp3) is 0.350. The molecular formula is C20H22ClNO5S. The molecule has 0 spiro atoms. The van der Waals surface area contributed by atoms with Crippen molar-refractivity contribution in [2.75, 3.05) is 26.8 Å². The summed E-state index contributed by atoms with van der Waals surface area (Å²) in [5.74, 6) is 1.02. The van der Waals surface area contributed by atoms with Crippen LogP contribution in [0, 0.1) is 0 Å². The minimum absolute atomic E-state index is 0.0858. The van der Waals surface area contributed by atoms with Crippen LogP contribution < -0.4 is 9.47 Å². The van der Waals surface area contributed by atoms with Crippen LogP contribution in [0.4, 0.5) is 0 Å². The Morgan fingerprint density at radius 2 is 1.61 bits per heavy atom. The first-order valence-electron chi connectivity index (χ1n) is 8.94. The van der Waals surface area contributed by atoms with Crippen LogP contribution in [0.15, 0.2) is 53.4 Å². The Morgan fingerprint density at radius 3 is 2.18 bits per heavy atom. The summed E-state index contributed by atoms with van der Waals surface area (Å²) in [6.07, 6.45) is 0.808. The number of ether oxygens (including phenoxy) is 2. The van der Waals surface area contributed by atoms with E-state index in [0.29, 0.717) is 42.5 Å². The van der Waals surface area contributed by atoms with Crippen molar-refractivity contribution in [1.82, 2.24) is 4.90 Å². The SMILES string of the molecule is COc1ccc(S(=O)(=O)C2CCN(C(=O)COc3ccc(Cl)cc3)CC2)cc1. The molecule has 1 amide bonds. The number of amides is 1. The number of rotatable bonds is 6. The summed E-state index contributed by atoms with van der Waals surface area (Å²) in [7, 11) is -1.90. The standard InChI is InChI=1S/C20H22ClNO5S/c1-26-16-6-8-18(9-7-16)28(24,25)19-10-12-22(13-11-19)20(23)14-27-17-4-2-15(21)3-5-17/h2-9,19H,10-14H2,1H3. The number of halogens is 1. The molecule has 1 fully saturated rings. The van der Waals surface area contributed by atoms with Gasteiger partial charge in [-0.15, -0.1) is 0 Å². The van der Waals surface area contributed by atoms with Crippen molar-refractivity contribution in [3.05, 3.63) is 53.6 Å². The van der Waals surface area contributed by atoms with E-state index in [0.717, 1.165) is 0 Å². The van der Waals surface area contributed by atoms with Gasteiger partial charge in [-0.2, -0.15) is 0 Å². The van der Waals surface area contributed by atoms with E-state index in [2.05, 4.69) is 0 Å². The van der Waals surface area contributed by atoms with Crippen LogP contribution in [0.25, 0.3) is 0 Å². The quantitative estimate of drug-likeness (QED) is 0.713. The van der Waals surface area contributed by atoms with E-state index in [1.165, 1.54) is 7.11 Å². The van der Waals surface area contributed by atoms with E-state index in [4.69, 9.17) is 21.1 Å². The summed E-state index contributed by atoms with van der Waals surface area (Å²) >= 11 is 5.82. The number of carbonyl (C=O) groups excluding carboxylic acids is 1. The molecule has 2 aromatic carbocycles. The van der Waals surface area contributed by atoms with Crippen molar-refractivity contribution in [3.8, 4) is 11.5 Å². The van der Waals surface area contributed by atoms with Gasteiger partial charge in [0.15, 0.2) is 16.4 Å². The number of benzene rings is 2. The Bertz CT molecular complexity index is 905. The second-order valence-corrected chi connectivity index (χ2v) is 9.21. The lowest BCUT2D eigenvalue weighted by Crippen LogP contribution is -2.44. The second kappa shape index (κ2) is 8.84. The Kier molecular flexibility index (Phi) is 6.46. The number of hydrogen-bond acceptors (Lipinski definition) is 5. The number of piperidine rings is 1. The summed E-state index contributed by atoms with van der Waals surface area (Å²) < 4.78 is 36.2. The number of methoxy groups -OCH3 is 1. The van der Waals surface area contributed by atoms with Crippen molar-refractivity contribution in [1.29, 1.82) is 0 Å². The largest absolute Gasteiger partial charge is 0.497 e. The third-order valence-corrected chi connectivity index (χ3v) is 7.33. The summed E-state index contributed by atoms with van der Waals surface area (Å²) in [6, 6.07) is 13.2. The molecule has 0 aromatic heterocycles. The summed E-state index contributed by atoms with van der Waals surface area (Å²) in [5, 5.41) is 0.0981. The van der Waals surface area contributed by atoms with Crippen molar-refractivity contribution < 1.29 is 22.7 Å². The highest BCUT2D eigenvalue weighted by atomic mass is 35.5. The lowest BCUT2D eigenvalue weighted by atomic mass is 10.1. The molecule has 8 heteroatoms. The van der Waals surface area contributed by atoms with Gasteiger partial charge >= 0.3 is 0 Å². The molecule has 1 heterocycles. The normalized spacial score (nSPS) is 15.3. The van der Waals surface area contributed by atoms with Gasteiger partial charge in [-0.25, -0.2) is 8.42 Å². The summed E-state index contributed by atoms with van der Waals surface area (Å²) in [4.78, 5) is 14.3. The van der Waals surface area contributed by atoms with E-state index < -0.39 is 15.1 Å². The molecule has 6 nitrogen and oxygen atoms in total. The van der Waals surface area contributed by atoms with E-state index in [-0.39, 0.29) is 17.4 Å². The van der Waals surface area contributed by atoms with Gasteiger partial charge < -0.3 is 14.4 Å². The Labute approximate surface area is 169 Å². The first kappa shape index (κ1) is 20.5. The first-order chi connectivity index (χ1) is 13.4. The van der Waals surface area contributed by atoms with Gasteiger partial charge in [0.2, 0.25) is 0 Å². The monoisotopic (exact) mass is 423 g/mol. The van der Waals surface area contributed by atoms with E-state index in [1.807, 2.05) is 0 Å². The molecule has 0 unspecified atom stereocenters. The predicted molar refractivity (Wildman–Crippen MR) is 107 cm³/mol. The maximum absolute atomic E-state index is 12.8. The first-order valence-corrected chi connectivity index (χ1v) is 10.9. The third kappa shape index (κ3) is 4.77. The Morgan fingerprint density at radius 1 is 1.04 bits per heavy atom. The zero-order chi connectivity index (χ0) is 20.1. The van der Waals surface area contributed by atoms with Gasteiger partial charge in [0.05, 0.1) is 17.3 Å². The minimum Gasteiger partial charge on any atom is -0.497 e. The Hall–Kier alpha value is -2.25. The van der Waals surface area contributed by atoms with Crippen molar-refractivity contribution in [3.63, 3.8) is 0 Å². The number of nitrogens with zero attached hydrogens (tertiary/aromatic N) is 1. The molecule has 0 atom stereocenters. The lowest BCUT2D eigenvalue weighted by molar-refractivity contribution is -0.134. The predicted octanol–water partition coefficient (Wildman–Crippen LogP) is 3.19. The third-order valence-electron chi connectivity index (χ3n) is 4.80. The molecule has 0 radical (unpaired) electrons. The minimum atomic E-state index is -3.43. The number of carbonyl (C=O) groups is 1. The second-order valence-electron chi connectivity index (χ2n) is 6.54. The molecule has 1 saturated heterocycles. The van der Waals surface area contributed by atoms with E-state index >= 15 is 0 Å². The molecule has 0 N–H and O–H groups in total. The molecule has 150 valence electrons. The molecule has 0 aliphatic carbocycles. The lowest BCUT2D eigenvalue weighted by Gasteiger charge is -2.31. The highest BCUT2D eigenvalue weighted by molar-refractivity contribution is 7.92. The van der Waals surface area contributed by atoms with Crippen LogP contribution in [0.3, 0.4) is 0 Å². The van der Waals surface area contributed by atoms with Gasteiger partial charge in [0.25, 0.3) is 5.91 Å².